The smallest absolute Gasteiger partial charge is 0.131 e. The molecule has 0 bridgehead atoms. The van der Waals surface area contributed by atoms with E-state index >= 15 is 0 Å². The topological polar surface area (TPSA) is 12.0 Å². The molecule has 2 rings (SSSR count). The van der Waals surface area contributed by atoms with Crippen LogP contribution < -0.4 is 5.32 Å². The van der Waals surface area contributed by atoms with Gasteiger partial charge in [0.25, 0.3) is 0 Å². The number of nitrogens with one attached hydrogen (secondary N) is 1. The van der Waals surface area contributed by atoms with Crippen molar-refractivity contribution in [1.29, 1.82) is 0 Å². The van der Waals surface area contributed by atoms with Crippen LogP contribution in [-0.2, 0) is 6.42 Å². The fraction of sp³-hybridized carbons (Fsp3) is 0.294. The second kappa shape index (κ2) is 6.51. The van der Waals surface area contributed by atoms with Crippen LogP contribution in [0.5, 0.6) is 0 Å². The first-order chi connectivity index (χ1) is 9.61. The maximum absolute atomic E-state index is 13.8. The van der Waals surface area contributed by atoms with Crippen LogP contribution >= 0.6 is 0 Å². The van der Waals surface area contributed by atoms with Crippen molar-refractivity contribution in [2.75, 3.05) is 5.32 Å². The van der Waals surface area contributed by atoms with Crippen molar-refractivity contribution in [2.24, 2.45) is 0 Å². The van der Waals surface area contributed by atoms with Crippen LogP contribution in [-0.4, -0.2) is 0 Å². The summed E-state index contributed by atoms with van der Waals surface area (Å²) in [6.07, 6.45) is 2.03. The number of hydrogen-bond acceptors (Lipinski definition) is 1. The molecule has 0 saturated heterocycles. The Balaban J connectivity index is 2.21. The van der Waals surface area contributed by atoms with E-state index in [1.54, 1.807) is 0 Å². The summed E-state index contributed by atoms with van der Waals surface area (Å²) in [5, 5.41) is 3.31. The Morgan fingerprint density at radius 3 is 2.55 bits per heavy atom. The fourth-order valence-electron chi connectivity index (χ4n) is 2.31. The van der Waals surface area contributed by atoms with E-state index in [1.807, 2.05) is 25.1 Å². The molecule has 0 saturated carbocycles. The zero-order valence-electron chi connectivity index (χ0n) is 11.8. The largest absolute Gasteiger partial charge is 0.378 e. The van der Waals surface area contributed by atoms with E-state index in [1.165, 1.54) is 17.7 Å². The molecular formula is C17H19F2N. The Labute approximate surface area is 118 Å². The maximum Gasteiger partial charge on any atom is 0.131 e. The Morgan fingerprint density at radius 2 is 1.85 bits per heavy atom. The molecule has 2 aromatic carbocycles. The van der Waals surface area contributed by atoms with Crippen molar-refractivity contribution < 1.29 is 8.78 Å². The minimum Gasteiger partial charge on any atom is -0.378 e. The molecular weight excluding hydrogens is 256 g/mol. The lowest BCUT2D eigenvalue weighted by atomic mass is 10.0. The van der Waals surface area contributed by atoms with Gasteiger partial charge in [-0.1, -0.05) is 37.6 Å². The van der Waals surface area contributed by atoms with E-state index in [0.717, 1.165) is 24.6 Å². The molecule has 0 radical (unpaired) electrons. The highest BCUT2D eigenvalue weighted by atomic mass is 19.1. The molecule has 20 heavy (non-hydrogen) atoms. The molecule has 106 valence electrons. The first-order valence-corrected chi connectivity index (χ1v) is 6.91. The molecule has 1 atom stereocenters. The van der Waals surface area contributed by atoms with Gasteiger partial charge < -0.3 is 5.32 Å². The lowest BCUT2D eigenvalue weighted by Gasteiger charge is -2.19. The van der Waals surface area contributed by atoms with Crippen molar-refractivity contribution in [2.45, 2.75) is 32.7 Å². The van der Waals surface area contributed by atoms with Gasteiger partial charge in [-0.2, -0.15) is 0 Å². The normalized spacial score (nSPS) is 12.2. The molecule has 1 unspecified atom stereocenters. The summed E-state index contributed by atoms with van der Waals surface area (Å²) in [4.78, 5) is 0. The van der Waals surface area contributed by atoms with E-state index in [4.69, 9.17) is 0 Å². The fourth-order valence-corrected chi connectivity index (χ4v) is 2.31. The summed E-state index contributed by atoms with van der Waals surface area (Å²) < 4.78 is 26.7. The zero-order valence-corrected chi connectivity index (χ0v) is 11.8. The van der Waals surface area contributed by atoms with E-state index in [0.29, 0.717) is 5.56 Å². The van der Waals surface area contributed by atoms with Crippen molar-refractivity contribution >= 4 is 5.69 Å². The van der Waals surface area contributed by atoms with Crippen LogP contribution in [0.2, 0.25) is 0 Å². The zero-order chi connectivity index (χ0) is 14.5. The highest BCUT2D eigenvalue weighted by Crippen LogP contribution is 2.25. The Bertz CT molecular complexity index is 581. The Morgan fingerprint density at radius 1 is 1.10 bits per heavy atom. The number of halogens is 2. The Kier molecular flexibility index (Phi) is 4.72. The van der Waals surface area contributed by atoms with Gasteiger partial charge in [0.15, 0.2) is 0 Å². The van der Waals surface area contributed by atoms with E-state index in [-0.39, 0.29) is 6.04 Å². The number of para-hydroxylation sites is 1. The molecule has 0 aliphatic carbocycles. The third kappa shape index (κ3) is 3.35. The predicted molar refractivity (Wildman–Crippen MR) is 78.8 cm³/mol. The quantitative estimate of drug-likeness (QED) is 0.801. The lowest BCUT2D eigenvalue weighted by molar-refractivity contribution is 0.566. The minimum absolute atomic E-state index is 0.214. The number of anilines is 1. The van der Waals surface area contributed by atoms with Crippen LogP contribution in [0.15, 0.2) is 42.5 Å². The molecule has 0 aliphatic rings. The summed E-state index contributed by atoms with van der Waals surface area (Å²) in [6.45, 7) is 4.00. The summed E-state index contributed by atoms with van der Waals surface area (Å²) in [6, 6.07) is 11.5. The monoisotopic (exact) mass is 275 g/mol. The van der Waals surface area contributed by atoms with Gasteiger partial charge >= 0.3 is 0 Å². The van der Waals surface area contributed by atoms with Crippen LogP contribution in [0.3, 0.4) is 0 Å². The van der Waals surface area contributed by atoms with Gasteiger partial charge in [0.05, 0.1) is 6.04 Å². The third-order valence-corrected chi connectivity index (χ3v) is 3.34. The molecule has 1 N–H and O–H groups in total. The molecule has 0 heterocycles. The van der Waals surface area contributed by atoms with Gasteiger partial charge in [0.2, 0.25) is 0 Å². The van der Waals surface area contributed by atoms with Gasteiger partial charge in [-0.05, 0) is 31.0 Å². The third-order valence-electron chi connectivity index (χ3n) is 3.34. The molecule has 0 fully saturated rings. The van der Waals surface area contributed by atoms with Crippen LogP contribution in [0.25, 0.3) is 0 Å². The number of hydrogen-bond donors (Lipinski definition) is 1. The van der Waals surface area contributed by atoms with E-state index in [9.17, 15) is 8.78 Å². The predicted octanol–water partition coefficient (Wildman–Crippen LogP) is 5.09. The van der Waals surface area contributed by atoms with Gasteiger partial charge in [-0.15, -0.1) is 0 Å². The van der Waals surface area contributed by atoms with E-state index < -0.39 is 11.6 Å². The molecule has 0 amide bonds. The Hall–Kier alpha value is -1.90. The number of aryl methyl sites for hydroxylation is 1. The summed E-state index contributed by atoms with van der Waals surface area (Å²) in [7, 11) is 0. The van der Waals surface area contributed by atoms with Crippen LogP contribution in [0.4, 0.5) is 14.5 Å². The number of rotatable bonds is 5. The van der Waals surface area contributed by atoms with Gasteiger partial charge in [-0.3, -0.25) is 0 Å². The standard InChI is InChI=1S/C17H19F2N/c1-3-6-13-7-4-5-8-17(13)20-12(2)15-10-9-14(18)11-16(15)19/h4-5,7-12,20H,3,6H2,1-2H3. The van der Waals surface area contributed by atoms with Crippen LogP contribution in [0.1, 0.15) is 37.4 Å². The van der Waals surface area contributed by atoms with Crippen molar-refractivity contribution in [1.82, 2.24) is 0 Å². The molecule has 3 heteroatoms. The molecule has 2 aromatic rings. The molecule has 0 spiro atoms. The molecule has 1 nitrogen and oxygen atoms in total. The second-order valence-electron chi connectivity index (χ2n) is 4.94. The van der Waals surface area contributed by atoms with Crippen molar-refractivity contribution in [3.8, 4) is 0 Å². The van der Waals surface area contributed by atoms with E-state index in [2.05, 4.69) is 18.3 Å². The summed E-state index contributed by atoms with van der Waals surface area (Å²) in [5.74, 6) is -1.07. The van der Waals surface area contributed by atoms with Gasteiger partial charge in [0.1, 0.15) is 11.6 Å². The first kappa shape index (κ1) is 14.5. The second-order valence-corrected chi connectivity index (χ2v) is 4.94. The average Bonchev–Trinajstić information content (AvgIpc) is 2.41. The first-order valence-electron chi connectivity index (χ1n) is 6.91. The highest BCUT2D eigenvalue weighted by molar-refractivity contribution is 5.52. The highest BCUT2D eigenvalue weighted by Gasteiger charge is 2.12. The lowest BCUT2D eigenvalue weighted by Crippen LogP contribution is -2.10. The summed E-state index contributed by atoms with van der Waals surface area (Å²) in [5.41, 5.74) is 2.69. The average molecular weight is 275 g/mol. The molecule has 0 aromatic heterocycles. The minimum atomic E-state index is -0.551. The van der Waals surface area contributed by atoms with Crippen LogP contribution in [0, 0.1) is 11.6 Å². The van der Waals surface area contributed by atoms with Gasteiger partial charge in [0, 0.05) is 17.3 Å². The SMILES string of the molecule is CCCc1ccccc1NC(C)c1ccc(F)cc1F. The number of benzene rings is 2. The maximum atomic E-state index is 13.8. The van der Waals surface area contributed by atoms with Gasteiger partial charge in [-0.25, -0.2) is 8.78 Å². The van der Waals surface area contributed by atoms with Crippen molar-refractivity contribution in [3.63, 3.8) is 0 Å². The summed E-state index contributed by atoms with van der Waals surface area (Å²) >= 11 is 0. The van der Waals surface area contributed by atoms with Crippen molar-refractivity contribution in [3.05, 3.63) is 65.2 Å². The molecule has 0 aliphatic heterocycles.